The molecule has 2 nitrogen and oxygen atoms in total. The van der Waals surface area contributed by atoms with Gasteiger partial charge in [0.1, 0.15) is 5.84 Å². The van der Waals surface area contributed by atoms with Crippen molar-refractivity contribution in [2.24, 2.45) is 10.7 Å². The van der Waals surface area contributed by atoms with Gasteiger partial charge in [0.05, 0.1) is 5.70 Å². The summed E-state index contributed by atoms with van der Waals surface area (Å²) in [7, 11) is 0. The number of amidine groups is 1. The van der Waals surface area contributed by atoms with Gasteiger partial charge < -0.3 is 5.73 Å². The lowest BCUT2D eigenvalue weighted by Gasteiger charge is -2.22. The van der Waals surface area contributed by atoms with E-state index in [1.807, 2.05) is 0 Å². The van der Waals surface area contributed by atoms with Crippen LogP contribution in [0.3, 0.4) is 0 Å². The van der Waals surface area contributed by atoms with Crippen molar-refractivity contribution in [3.05, 3.63) is 198 Å². The number of aliphatic imine (C=N–C) groups is 1. The highest BCUT2D eigenvalue weighted by atomic mass is 14.9. The summed E-state index contributed by atoms with van der Waals surface area (Å²) >= 11 is 0. The Labute approximate surface area is 299 Å². The molecule has 0 saturated heterocycles. The molecule has 8 aromatic rings. The molecule has 51 heavy (non-hydrogen) atoms. The number of nitrogens with zero attached hydrogens (tertiary/aromatic N) is 1. The zero-order chi connectivity index (χ0) is 34.5. The van der Waals surface area contributed by atoms with E-state index in [0.717, 1.165) is 39.4 Å². The Morgan fingerprint density at radius 1 is 0.510 bits per heavy atom. The number of fused-ring (bicyclic) bond motifs is 7. The topological polar surface area (TPSA) is 38.4 Å². The van der Waals surface area contributed by atoms with E-state index in [-0.39, 0.29) is 5.41 Å². The van der Waals surface area contributed by atoms with Gasteiger partial charge in [0.2, 0.25) is 0 Å². The van der Waals surface area contributed by atoms with Gasteiger partial charge in [-0.3, -0.25) is 0 Å². The number of hydrogen-bond acceptors (Lipinski definition) is 1. The van der Waals surface area contributed by atoms with Gasteiger partial charge in [-0.05, 0) is 77.7 Å². The molecule has 1 aliphatic carbocycles. The Hall–Kier alpha value is -6.25. The number of hydrogen-bond donors (Lipinski definition) is 1. The Morgan fingerprint density at radius 2 is 1.14 bits per heavy atom. The second-order valence-corrected chi connectivity index (χ2v) is 14.1. The molecule has 244 valence electrons. The third kappa shape index (κ3) is 5.14. The molecule has 0 atom stereocenters. The minimum atomic E-state index is -0.109. The molecule has 1 aliphatic rings. The summed E-state index contributed by atoms with van der Waals surface area (Å²) in [6.07, 6.45) is 2.96. The average molecular weight is 655 g/mol. The molecule has 9 rings (SSSR count). The van der Waals surface area contributed by atoms with Crippen molar-refractivity contribution in [1.29, 1.82) is 0 Å². The highest BCUT2D eigenvalue weighted by molar-refractivity contribution is 6.13. The fourth-order valence-electron chi connectivity index (χ4n) is 8.21. The Morgan fingerprint density at radius 3 is 1.94 bits per heavy atom. The van der Waals surface area contributed by atoms with Crippen LogP contribution in [0.2, 0.25) is 0 Å². The van der Waals surface area contributed by atoms with Gasteiger partial charge in [-0.25, -0.2) is 4.99 Å². The summed E-state index contributed by atoms with van der Waals surface area (Å²) in [6, 6.07) is 58.7. The molecule has 0 fully saturated rings. The number of nitrogens with two attached hydrogens (primary N) is 1. The molecule has 0 unspecified atom stereocenters. The van der Waals surface area contributed by atoms with Crippen molar-refractivity contribution in [3.8, 4) is 22.3 Å². The van der Waals surface area contributed by atoms with Crippen molar-refractivity contribution < 1.29 is 0 Å². The first-order valence-electron chi connectivity index (χ1n) is 17.7. The monoisotopic (exact) mass is 654 g/mol. The van der Waals surface area contributed by atoms with Crippen LogP contribution in [0.25, 0.3) is 60.3 Å². The molecule has 0 saturated carbocycles. The zero-order valence-corrected chi connectivity index (χ0v) is 28.9. The van der Waals surface area contributed by atoms with Crippen LogP contribution in [0.5, 0.6) is 0 Å². The van der Waals surface area contributed by atoms with E-state index in [1.54, 1.807) is 0 Å². The van der Waals surface area contributed by atoms with E-state index in [2.05, 4.69) is 184 Å². The summed E-state index contributed by atoms with van der Waals surface area (Å²) in [6.45, 7) is 4.72. The number of rotatable bonds is 6. The first kappa shape index (κ1) is 30.8. The predicted molar refractivity (Wildman–Crippen MR) is 217 cm³/mol. The summed E-state index contributed by atoms with van der Waals surface area (Å²) < 4.78 is 0. The van der Waals surface area contributed by atoms with Crippen LogP contribution < -0.4 is 5.73 Å². The van der Waals surface area contributed by atoms with Crippen molar-refractivity contribution in [3.63, 3.8) is 0 Å². The summed E-state index contributed by atoms with van der Waals surface area (Å²) in [5.41, 5.74) is 18.8. The first-order valence-corrected chi connectivity index (χ1v) is 17.7. The van der Waals surface area contributed by atoms with Gasteiger partial charge in [-0.15, -0.1) is 0 Å². The molecule has 0 aliphatic heterocycles. The summed E-state index contributed by atoms with van der Waals surface area (Å²) in [4.78, 5) is 5.23. The Balaban J connectivity index is 1.25. The van der Waals surface area contributed by atoms with Gasteiger partial charge in [-0.2, -0.15) is 0 Å². The van der Waals surface area contributed by atoms with Crippen LogP contribution in [0.4, 0.5) is 0 Å². The van der Waals surface area contributed by atoms with Gasteiger partial charge in [0.15, 0.2) is 0 Å². The molecule has 2 heteroatoms. The average Bonchev–Trinajstić information content (AvgIpc) is 3.42. The minimum Gasteiger partial charge on any atom is -0.383 e. The van der Waals surface area contributed by atoms with Crippen molar-refractivity contribution in [1.82, 2.24) is 0 Å². The Kier molecular flexibility index (Phi) is 7.40. The zero-order valence-electron chi connectivity index (χ0n) is 28.9. The lowest BCUT2D eigenvalue weighted by Crippen LogP contribution is -2.14. The van der Waals surface area contributed by atoms with E-state index >= 15 is 0 Å². The van der Waals surface area contributed by atoms with Crippen molar-refractivity contribution in [2.75, 3.05) is 0 Å². The normalized spacial score (nSPS) is 13.8. The molecule has 2 N–H and O–H groups in total. The fraction of sp³-hybridized carbons (Fsp3) is 0.0816. The number of allylic oxidation sites excluding steroid dienone is 1. The van der Waals surface area contributed by atoms with Gasteiger partial charge in [0, 0.05) is 16.5 Å². The second kappa shape index (κ2) is 12.3. The van der Waals surface area contributed by atoms with Crippen LogP contribution in [0, 0.1) is 0 Å². The van der Waals surface area contributed by atoms with Crippen LogP contribution in [0.15, 0.2) is 175 Å². The molecular weight excluding hydrogens is 617 g/mol. The lowest BCUT2D eigenvalue weighted by atomic mass is 9.81. The predicted octanol–water partition coefficient (Wildman–Crippen LogP) is 12.1. The highest BCUT2D eigenvalue weighted by Crippen LogP contribution is 2.55. The molecular formula is C49H38N2. The lowest BCUT2D eigenvalue weighted by molar-refractivity contribution is 0.661. The maximum absolute atomic E-state index is 6.92. The van der Waals surface area contributed by atoms with Gasteiger partial charge >= 0.3 is 0 Å². The summed E-state index contributed by atoms with van der Waals surface area (Å²) in [5, 5.41) is 7.16. The number of benzene rings is 8. The maximum Gasteiger partial charge on any atom is 0.131 e. The van der Waals surface area contributed by atoms with E-state index < -0.39 is 0 Å². The van der Waals surface area contributed by atoms with Crippen LogP contribution >= 0.6 is 0 Å². The van der Waals surface area contributed by atoms with E-state index in [0.29, 0.717) is 5.84 Å². The molecule has 0 bridgehead atoms. The smallest absolute Gasteiger partial charge is 0.131 e. The highest BCUT2D eigenvalue weighted by Gasteiger charge is 2.38. The van der Waals surface area contributed by atoms with Crippen molar-refractivity contribution in [2.45, 2.75) is 25.7 Å². The first-order chi connectivity index (χ1) is 25.0. The second-order valence-electron chi connectivity index (χ2n) is 14.1. The van der Waals surface area contributed by atoms with Gasteiger partial charge in [0.25, 0.3) is 0 Å². The third-order valence-corrected chi connectivity index (χ3v) is 10.8. The van der Waals surface area contributed by atoms with Crippen LogP contribution in [0.1, 0.15) is 41.7 Å². The molecule has 8 aromatic carbocycles. The maximum atomic E-state index is 6.92. The molecule has 0 spiro atoms. The molecule has 0 amide bonds. The van der Waals surface area contributed by atoms with Gasteiger partial charge in [-0.1, -0.05) is 184 Å². The largest absolute Gasteiger partial charge is 0.383 e. The fourth-order valence-corrected chi connectivity index (χ4v) is 8.21. The quantitative estimate of drug-likeness (QED) is 0.141. The molecule has 0 heterocycles. The minimum absolute atomic E-state index is 0.109. The van der Waals surface area contributed by atoms with Crippen LogP contribution in [-0.2, 0) is 11.8 Å². The van der Waals surface area contributed by atoms with E-state index in [1.165, 1.54) is 55.1 Å². The third-order valence-electron chi connectivity index (χ3n) is 10.8. The van der Waals surface area contributed by atoms with Crippen molar-refractivity contribution >= 4 is 43.9 Å². The van der Waals surface area contributed by atoms with E-state index in [4.69, 9.17) is 10.7 Å². The SMILES string of the molecule is CC1(C)c2cccc(-c3ccc(/C(=C/Cc4ccccc4)N=C(N)c4cccc5ccccc45)c4ccccc34)c2-c2c1ccc1ccccc21. The molecule has 0 aromatic heterocycles. The molecule has 0 radical (unpaired) electrons. The van der Waals surface area contributed by atoms with E-state index in [9.17, 15) is 0 Å². The summed E-state index contributed by atoms with van der Waals surface area (Å²) in [5.74, 6) is 0.505. The standard InChI is InChI=1S/C49H38N2/c1-49(2)43-25-13-23-41(47(43)46-36-20-9-7-17-34(36)27-30-44(46)49)39-28-29-40(38-22-11-10-21-37(38)39)45(31-26-32-14-4-3-5-15-32)51-48(50)42-24-12-18-33-16-6-8-19-35(33)42/h3-25,27-31H,26H2,1-2H3,(H2,50,51)/b45-31-. The Bertz CT molecular complexity index is 2690. The van der Waals surface area contributed by atoms with Crippen LogP contribution in [-0.4, -0.2) is 5.84 Å².